The van der Waals surface area contributed by atoms with Crippen molar-refractivity contribution in [1.29, 1.82) is 0 Å². The predicted molar refractivity (Wildman–Crippen MR) is 208 cm³/mol. The zero-order valence-electron chi connectivity index (χ0n) is 28.7. The third-order valence-electron chi connectivity index (χ3n) is 8.51. The molecule has 4 atom stereocenters. The van der Waals surface area contributed by atoms with Crippen molar-refractivity contribution in [3.8, 4) is 22.6 Å². The number of phenols is 2. The lowest BCUT2D eigenvalue weighted by molar-refractivity contribution is -0.150. The molecule has 2 aromatic carbocycles. The van der Waals surface area contributed by atoms with E-state index in [1.165, 1.54) is 21.9 Å². The number of carbonyl (C=O) groups is 4. The molecule has 0 aromatic heterocycles. The SMILES string of the molecule is CCN1C(=O)[C@H](CCCN)N(CCC[C@H](N)CC(=O)NCCN)C(=O)[C@@H](N)Cc2cc(ccc2O)-c2ccc(O)c(c2)C[C@H]1C(N)=O.Cl.Cl.Cl.Cl. The van der Waals surface area contributed by atoms with Crippen molar-refractivity contribution in [1.82, 2.24) is 15.1 Å². The molecule has 290 valence electrons. The zero-order valence-corrected chi connectivity index (χ0v) is 32.0. The van der Waals surface area contributed by atoms with Crippen LogP contribution in [0.25, 0.3) is 11.1 Å². The van der Waals surface area contributed by atoms with Gasteiger partial charge in [0.15, 0.2) is 0 Å². The summed E-state index contributed by atoms with van der Waals surface area (Å²) < 4.78 is 0. The van der Waals surface area contributed by atoms with Crippen molar-refractivity contribution in [2.75, 3.05) is 32.7 Å². The van der Waals surface area contributed by atoms with Crippen molar-refractivity contribution < 1.29 is 29.4 Å². The number of benzene rings is 2. The molecule has 1 heterocycles. The Morgan fingerprint density at radius 3 is 1.96 bits per heavy atom. The van der Waals surface area contributed by atoms with E-state index < -0.39 is 41.9 Å². The summed E-state index contributed by atoms with van der Waals surface area (Å²) in [7, 11) is 0. The number of hydrogen-bond donors (Lipinski definition) is 8. The van der Waals surface area contributed by atoms with Gasteiger partial charge < -0.3 is 54.0 Å². The fourth-order valence-corrected chi connectivity index (χ4v) is 5.98. The molecular formula is C33H54Cl4N8O6. The second kappa shape index (κ2) is 24.2. The number of carbonyl (C=O) groups excluding carboxylic acids is 4. The van der Waals surface area contributed by atoms with E-state index in [9.17, 15) is 29.4 Å². The van der Waals surface area contributed by atoms with Crippen molar-refractivity contribution in [2.24, 2.45) is 28.7 Å². The number of fused-ring (bicyclic) bond motifs is 5. The molecule has 1 aliphatic heterocycles. The number of nitrogens with zero attached hydrogens (tertiary/aromatic N) is 2. The zero-order chi connectivity index (χ0) is 34.7. The van der Waals surface area contributed by atoms with E-state index in [1.54, 1.807) is 31.2 Å². The third kappa shape index (κ3) is 13.8. The summed E-state index contributed by atoms with van der Waals surface area (Å²) in [5.41, 5.74) is 32.1. The van der Waals surface area contributed by atoms with Crippen LogP contribution in [0.4, 0.5) is 0 Å². The van der Waals surface area contributed by atoms with E-state index >= 15 is 0 Å². The Morgan fingerprint density at radius 2 is 1.45 bits per heavy atom. The quantitative estimate of drug-likeness (QED) is 0.143. The molecule has 0 spiro atoms. The summed E-state index contributed by atoms with van der Waals surface area (Å²) in [5, 5.41) is 24.2. The number of primary amides is 1. The highest BCUT2D eigenvalue weighted by atomic mass is 35.5. The van der Waals surface area contributed by atoms with Crippen molar-refractivity contribution in [3.05, 3.63) is 47.5 Å². The van der Waals surface area contributed by atoms with Gasteiger partial charge in [-0.1, -0.05) is 12.1 Å². The van der Waals surface area contributed by atoms with E-state index in [4.69, 9.17) is 28.7 Å². The van der Waals surface area contributed by atoms with E-state index in [1.807, 2.05) is 0 Å². The minimum Gasteiger partial charge on any atom is -0.508 e. The Hall–Kier alpha value is -3.08. The molecule has 13 N–H and O–H groups in total. The maximum atomic E-state index is 14.4. The topological polar surface area (TPSA) is 257 Å². The highest BCUT2D eigenvalue weighted by Crippen LogP contribution is 2.32. The number of nitrogens with two attached hydrogens (primary N) is 5. The molecule has 0 fully saturated rings. The number of amides is 4. The van der Waals surface area contributed by atoms with Crippen LogP contribution in [0.5, 0.6) is 11.5 Å². The molecular weight excluding hydrogens is 746 g/mol. The Balaban J connectivity index is 0. The summed E-state index contributed by atoms with van der Waals surface area (Å²) in [5.74, 6) is -2.16. The lowest BCUT2D eigenvalue weighted by atomic mass is 9.95. The van der Waals surface area contributed by atoms with Crippen LogP contribution in [-0.2, 0) is 32.0 Å². The van der Waals surface area contributed by atoms with Gasteiger partial charge in [-0.3, -0.25) is 19.2 Å². The number of halogens is 4. The number of likely N-dealkylation sites (N-methyl/N-ethyl adjacent to an activating group) is 1. The third-order valence-corrected chi connectivity index (χ3v) is 8.51. The van der Waals surface area contributed by atoms with Gasteiger partial charge in [-0.05, 0) is 85.7 Å². The molecule has 18 heteroatoms. The minimum absolute atomic E-state index is 0. The summed E-state index contributed by atoms with van der Waals surface area (Å²) in [6.45, 7) is 2.76. The number of nitrogens with one attached hydrogen (secondary N) is 1. The molecule has 0 radical (unpaired) electrons. The molecule has 3 rings (SSSR count). The Labute approximate surface area is 324 Å². The van der Waals surface area contributed by atoms with Gasteiger partial charge in [0.2, 0.25) is 23.6 Å². The number of phenolic OH excluding ortho intramolecular Hbond substituents is 2. The Morgan fingerprint density at radius 1 is 0.882 bits per heavy atom. The van der Waals surface area contributed by atoms with Crippen LogP contribution in [0, 0.1) is 0 Å². The van der Waals surface area contributed by atoms with Gasteiger partial charge in [0, 0.05) is 51.5 Å². The number of hydrogen-bond acceptors (Lipinski definition) is 10. The first-order valence-electron chi connectivity index (χ1n) is 16.1. The van der Waals surface area contributed by atoms with Gasteiger partial charge in [-0.2, -0.15) is 0 Å². The smallest absolute Gasteiger partial charge is 0.246 e. The van der Waals surface area contributed by atoms with Crippen molar-refractivity contribution >= 4 is 73.3 Å². The normalized spacial score (nSPS) is 18.0. The second-order valence-corrected chi connectivity index (χ2v) is 12.0. The largest absolute Gasteiger partial charge is 0.508 e. The van der Waals surface area contributed by atoms with Gasteiger partial charge in [-0.25, -0.2) is 0 Å². The standard InChI is InChI=1S/C33H50N8O6.4ClH/c1-2-40-27(31(38)45)18-23-16-21(8-10-29(23)43)20-7-9-28(42)22(15-20)17-25(37)32(46)41(26(33(40)47)6-3-11-34)14-4-5-24(36)19-30(44)39-13-12-35;;;;/h7-10,15-16,24-27,42-43H,2-6,11-14,17-19,34-37H2,1H3,(H2,38,45)(H,39,44);4*1H/t24-,25-,26-,27-;;;;/m0..../s1. The van der Waals surface area contributed by atoms with Crippen LogP contribution in [0.15, 0.2) is 36.4 Å². The summed E-state index contributed by atoms with van der Waals surface area (Å²) in [6, 6.07) is 6.00. The molecule has 4 amide bonds. The van der Waals surface area contributed by atoms with Crippen LogP contribution in [0.1, 0.15) is 50.2 Å². The van der Waals surface area contributed by atoms with E-state index in [0.717, 1.165) is 0 Å². The van der Waals surface area contributed by atoms with Crippen LogP contribution >= 0.6 is 49.6 Å². The van der Waals surface area contributed by atoms with Crippen LogP contribution in [0.2, 0.25) is 0 Å². The monoisotopic (exact) mass is 798 g/mol. The number of rotatable bonds is 13. The average molecular weight is 801 g/mol. The van der Waals surface area contributed by atoms with Crippen molar-refractivity contribution in [2.45, 2.75) is 76.0 Å². The molecule has 2 aromatic rings. The van der Waals surface area contributed by atoms with Crippen LogP contribution < -0.4 is 34.0 Å². The highest BCUT2D eigenvalue weighted by molar-refractivity contribution is 5.93. The van der Waals surface area contributed by atoms with Gasteiger partial charge >= 0.3 is 0 Å². The van der Waals surface area contributed by atoms with Crippen LogP contribution in [-0.4, -0.2) is 101 Å². The molecule has 14 nitrogen and oxygen atoms in total. The maximum absolute atomic E-state index is 14.4. The highest BCUT2D eigenvalue weighted by Gasteiger charge is 2.38. The summed E-state index contributed by atoms with van der Waals surface area (Å²) in [6.07, 6.45) is 1.26. The molecule has 51 heavy (non-hydrogen) atoms. The van der Waals surface area contributed by atoms with Gasteiger partial charge in [0.05, 0.1) is 6.04 Å². The van der Waals surface area contributed by atoms with Crippen LogP contribution in [0.3, 0.4) is 0 Å². The summed E-state index contributed by atoms with van der Waals surface area (Å²) >= 11 is 0. The van der Waals surface area contributed by atoms with E-state index in [-0.39, 0.29) is 112 Å². The van der Waals surface area contributed by atoms with Crippen molar-refractivity contribution in [3.63, 3.8) is 0 Å². The molecule has 0 saturated carbocycles. The first-order valence-corrected chi connectivity index (χ1v) is 16.1. The minimum atomic E-state index is -1.14. The Bertz CT molecular complexity index is 1430. The second-order valence-electron chi connectivity index (χ2n) is 12.0. The first kappa shape index (κ1) is 50.0. The summed E-state index contributed by atoms with van der Waals surface area (Å²) in [4.78, 5) is 56.4. The fraction of sp³-hybridized carbons (Fsp3) is 0.515. The van der Waals surface area contributed by atoms with Gasteiger partial charge in [0.1, 0.15) is 23.6 Å². The molecule has 0 saturated heterocycles. The lowest BCUT2D eigenvalue weighted by Gasteiger charge is -2.38. The van der Waals surface area contributed by atoms with E-state index in [0.29, 0.717) is 54.6 Å². The maximum Gasteiger partial charge on any atom is 0.246 e. The fourth-order valence-electron chi connectivity index (χ4n) is 5.98. The molecule has 0 unspecified atom stereocenters. The van der Waals surface area contributed by atoms with Gasteiger partial charge in [0.25, 0.3) is 0 Å². The molecule has 4 bridgehead atoms. The molecule has 0 aliphatic carbocycles. The van der Waals surface area contributed by atoms with Gasteiger partial charge in [-0.15, -0.1) is 49.6 Å². The first-order chi connectivity index (χ1) is 22.4. The predicted octanol–water partition coefficient (Wildman–Crippen LogP) is 1.09. The Kier molecular flexibility index (Phi) is 23.8. The number of aromatic hydroxyl groups is 2. The van der Waals surface area contributed by atoms with E-state index in [2.05, 4.69) is 5.32 Å². The molecule has 1 aliphatic rings. The lowest BCUT2D eigenvalue weighted by Crippen LogP contribution is -2.59. The average Bonchev–Trinajstić information content (AvgIpc) is 3.03.